The topological polar surface area (TPSA) is 127 Å². The van der Waals surface area contributed by atoms with Gasteiger partial charge in [-0.25, -0.2) is 0 Å². The largest absolute Gasteiger partial charge is 0.481 e. The third kappa shape index (κ3) is 20.3. The lowest BCUT2D eigenvalue weighted by molar-refractivity contribution is -0.139. The molecule has 0 spiro atoms. The van der Waals surface area contributed by atoms with Gasteiger partial charge in [-0.15, -0.1) is 0 Å². The number of rotatable bonds is 9. The van der Waals surface area contributed by atoms with Gasteiger partial charge in [-0.3, -0.25) is 9.59 Å². The third-order valence-electron chi connectivity index (χ3n) is 2.33. The molecule has 6 N–H and O–H groups in total. The van der Waals surface area contributed by atoms with Crippen LogP contribution in [0.25, 0.3) is 0 Å². The van der Waals surface area contributed by atoms with Gasteiger partial charge in [0.15, 0.2) is 0 Å². The summed E-state index contributed by atoms with van der Waals surface area (Å²) in [7, 11) is 0. The van der Waals surface area contributed by atoms with E-state index in [1.165, 1.54) is 0 Å². The molecule has 0 aliphatic rings. The second-order valence-corrected chi connectivity index (χ2v) is 4.09. The Morgan fingerprint density at radius 1 is 1.06 bits per heavy atom. The molecule has 0 bridgehead atoms. The minimum absolute atomic E-state index is 0.0628. The monoisotopic (exact) mass is 262 g/mol. The van der Waals surface area contributed by atoms with Crippen LogP contribution in [-0.4, -0.2) is 34.7 Å². The first-order valence-electron chi connectivity index (χ1n) is 6.33. The summed E-state index contributed by atoms with van der Waals surface area (Å²) in [5.74, 6) is -1.74. The maximum Gasteiger partial charge on any atom is 0.303 e. The summed E-state index contributed by atoms with van der Waals surface area (Å²) in [4.78, 5) is 19.8. The van der Waals surface area contributed by atoms with Crippen LogP contribution in [0.4, 0.5) is 0 Å². The second-order valence-electron chi connectivity index (χ2n) is 4.09. The maximum atomic E-state index is 9.90. The van der Waals surface area contributed by atoms with Gasteiger partial charge in [0.1, 0.15) is 0 Å². The fourth-order valence-electron chi connectivity index (χ4n) is 1.14. The van der Waals surface area contributed by atoms with Crippen LogP contribution in [0, 0.1) is 0 Å². The number of hydrogen-bond donors (Lipinski definition) is 4. The summed E-state index contributed by atoms with van der Waals surface area (Å²) in [6, 6.07) is 0.374. The van der Waals surface area contributed by atoms with Crippen LogP contribution in [-0.2, 0) is 9.59 Å². The Labute approximate surface area is 108 Å². The van der Waals surface area contributed by atoms with E-state index in [0.29, 0.717) is 18.9 Å². The first-order chi connectivity index (χ1) is 8.43. The highest BCUT2D eigenvalue weighted by molar-refractivity contribution is 5.67. The molecule has 0 rings (SSSR count). The van der Waals surface area contributed by atoms with E-state index in [4.69, 9.17) is 21.7 Å². The minimum atomic E-state index is -0.870. The Kier molecular flexibility index (Phi) is 14.9. The van der Waals surface area contributed by atoms with Crippen LogP contribution in [0.3, 0.4) is 0 Å². The molecule has 18 heavy (non-hydrogen) atoms. The molecule has 0 aromatic rings. The van der Waals surface area contributed by atoms with Gasteiger partial charge in [0.25, 0.3) is 0 Å². The van der Waals surface area contributed by atoms with Crippen molar-refractivity contribution in [1.82, 2.24) is 0 Å². The van der Waals surface area contributed by atoms with E-state index in [2.05, 4.69) is 6.92 Å². The fourth-order valence-corrected chi connectivity index (χ4v) is 1.14. The first kappa shape index (κ1) is 19.2. The number of aliphatic carboxylic acids is 2. The normalized spacial score (nSPS) is 11.3. The van der Waals surface area contributed by atoms with E-state index in [1.807, 2.05) is 0 Å². The molecular weight excluding hydrogens is 236 g/mol. The average Bonchev–Trinajstić information content (AvgIpc) is 2.32. The van der Waals surface area contributed by atoms with E-state index in [-0.39, 0.29) is 12.8 Å². The summed E-state index contributed by atoms with van der Waals surface area (Å²) >= 11 is 0. The molecule has 6 heteroatoms. The van der Waals surface area contributed by atoms with Gasteiger partial charge in [-0.05, 0) is 38.6 Å². The van der Waals surface area contributed by atoms with Gasteiger partial charge in [0, 0.05) is 18.9 Å². The summed E-state index contributed by atoms with van der Waals surface area (Å²) in [6.07, 6.45) is 4.23. The van der Waals surface area contributed by atoms with E-state index < -0.39 is 11.9 Å². The van der Waals surface area contributed by atoms with Crippen molar-refractivity contribution in [2.24, 2.45) is 11.5 Å². The van der Waals surface area contributed by atoms with Crippen molar-refractivity contribution in [1.29, 1.82) is 0 Å². The minimum Gasteiger partial charge on any atom is -0.481 e. The smallest absolute Gasteiger partial charge is 0.303 e. The lowest BCUT2D eigenvalue weighted by Crippen LogP contribution is -2.19. The van der Waals surface area contributed by atoms with E-state index in [0.717, 1.165) is 25.8 Å². The van der Waals surface area contributed by atoms with Gasteiger partial charge in [-0.1, -0.05) is 6.92 Å². The van der Waals surface area contributed by atoms with Gasteiger partial charge >= 0.3 is 11.9 Å². The van der Waals surface area contributed by atoms with Crippen molar-refractivity contribution in [3.63, 3.8) is 0 Å². The first-order valence-corrected chi connectivity index (χ1v) is 6.33. The molecule has 0 aliphatic carbocycles. The van der Waals surface area contributed by atoms with Crippen LogP contribution in [0.1, 0.15) is 51.9 Å². The Hall–Kier alpha value is -1.14. The van der Waals surface area contributed by atoms with Crippen molar-refractivity contribution < 1.29 is 19.8 Å². The maximum absolute atomic E-state index is 9.90. The van der Waals surface area contributed by atoms with Crippen LogP contribution in [0.5, 0.6) is 0 Å². The highest BCUT2D eigenvalue weighted by Gasteiger charge is 1.99. The van der Waals surface area contributed by atoms with Gasteiger partial charge in [-0.2, -0.15) is 0 Å². The molecular formula is C12H26N2O4. The van der Waals surface area contributed by atoms with E-state index in [1.54, 1.807) is 0 Å². The van der Waals surface area contributed by atoms with Gasteiger partial charge < -0.3 is 21.7 Å². The van der Waals surface area contributed by atoms with Gasteiger partial charge in [0.2, 0.25) is 0 Å². The zero-order valence-corrected chi connectivity index (χ0v) is 11.1. The summed E-state index contributed by atoms with van der Waals surface area (Å²) < 4.78 is 0. The van der Waals surface area contributed by atoms with Crippen molar-refractivity contribution in [2.45, 2.75) is 57.9 Å². The molecule has 0 radical (unpaired) electrons. The van der Waals surface area contributed by atoms with Gasteiger partial charge in [0.05, 0.1) is 0 Å². The van der Waals surface area contributed by atoms with Crippen LogP contribution in [0.2, 0.25) is 0 Å². The summed E-state index contributed by atoms with van der Waals surface area (Å²) in [5.41, 5.74) is 10.9. The molecule has 0 amide bonds. The van der Waals surface area contributed by atoms with Crippen molar-refractivity contribution in [2.75, 3.05) is 6.54 Å². The quantitative estimate of drug-likeness (QED) is 0.462. The van der Waals surface area contributed by atoms with Crippen LogP contribution >= 0.6 is 0 Å². The molecule has 6 nitrogen and oxygen atoms in total. The Bertz CT molecular complexity index is 206. The highest BCUT2D eigenvalue weighted by Crippen LogP contribution is 1.98. The Morgan fingerprint density at radius 2 is 1.50 bits per heavy atom. The number of carboxylic acid groups (broad SMARTS) is 2. The molecule has 0 aromatic heterocycles. The summed E-state index contributed by atoms with van der Waals surface area (Å²) in [5, 5.41) is 16.3. The average molecular weight is 262 g/mol. The van der Waals surface area contributed by atoms with E-state index >= 15 is 0 Å². The lowest BCUT2D eigenvalue weighted by atomic mass is 10.1. The molecule has 0 aliphatic heterocycles. The van der Waals surface area contributed by atoms with E-state index in [9.17, 15) is 9.59 Å². The molecule has 1 unspecified atom stereocenters. The highest BCUT2D eigenvalue weighted by atomic mass is 16.4. The number of carbonyl (C=O) groups is 2. The van der Waals surface area contributed by atoms with Crippen molar-refractivity contribution in [3.8, 4) is 0 Å². The molecule has 0 heterocycles. The third-order valence-corrected chi connectivity index (χ3v) is 2.33. The zero-order chi connectivity index (χ0) is 14.4. The zero-order valence-electron chi connectivity index (χ0n) is 11.1. The fraction of sp³-hybridized carbons (Fsp3) is 0.833. The molecule has 108 valence electrons. The predicted molar refractivity (Wildman–Crippen MR) is 70.3 cm³/mol. The molecule has 0 fully saturated rings. The Morgan fingerprint density at radius 3 is 1.78 bits per heavy atom. The lowest BCUT2D eigenvalue weighted by Gasteiger charge is -2.04. The van der Waals surface area contributed by atoms with Crippen molar-refractivity contribution >= 4 is 11.9 Å². The second kappa shape index (κ2) is 13.9. The molecule has 0 aromatic carbocycles. The number of unbranched alkanes of at least 4 members (excludes halogenated alkanes) is 1. The predicted octanol–water partition coefficient (Wildman–Crippen LogP) is 1.18. The SMILES string of the molecule is CCC(N)CCCN.O=C(O)CCCCC(=O)O. The number of carboxylic acids is 2. The van der Waals surface area contributed by atoms with Crippen LogP contribution in [0.15, 0.2) is 0 Å². The number of nitrogens with two attached hydrogens (primary N) is 2. The van der Waals surface area contributed by atoms with Crippen molar-refractivity contribution in [3.05, 3.63) is 0 Å². The molecule has 0 saturated carbocycles. The standard InChI is InChI=1S/C6H16N2.C6H10O4/c1-2-6(8)4-3-5-7;7-5(8)3-1-2-4-6(9)10/h6H,2-5,7-8H2,1H3;1-4H2,(H,7,8)(H,9,10). The molecule has 1 atom stereocenters. The van der Waals surface area contributed by atoms with Crippen LogP contribution < -0.4 is 11.5 Å². The number of hydrogen-bond acceptors (Lipinski definition) is 4. The Balaban J connectivity index is 0. The molecule has 0 saturated heterocycles. The summed E-state index contributed by atoms with van der Waals surface area (Å²) in [6.45, 7) is 2.87.